The third-order valence-electron chi connectivity index (χ3n) is 3.02. The van der Waals surface area contributed by atoms with Crippen LogP contribution >= 0.6 is 23.8 Å². The first kappa shape index (κ1) is 13.0. The second-order valence-electron chi connectivity index (χ2n) is 4.38. The second-order valence-corrected chi connectivity index (χ2v) is 5.20. The molecule has 0 bridgehead atoms. The van der Waals surface area contributed by atoms with Crippen LogP contribution in [0.5, 0.6) is 0 Å². The summed E-state index contributed by atoms with van der Waals surface area (Å²) in [5, 5.41) is 0.691. The van der Waals surface area contributed by atoms with Gasteiger partial charge in [0.05, 0.1) is 0 Å². The van der Waals surface area contributed by atoms with E-state index in [0.29, 0.717) is 9.79 Å². The molecule has 4 heteroatoms. The van der Waals surface area contributed by atoms with Gasteiger partial charge in [-0.1, -0.05) is 48.0 Å². The van der Waals surface area contributed by atoms with Crippen LogP contribution in [0, 0.1) is 4.77 Å². The molecule has 0 fully saturated rings. The number of hydrogen-bond donors (Lipinski definition) is 1. The summed E-state index contributed by atoms with van der Waals surface area (Å²) >= 11 is 11.4. The first-order valence-corrected chi connectivity index (χ1v) is 6.99. The molecule has 0 atom stereocenters. The number of halogens is 1. The van der Waals surface area contributed by atoms with Crippen LogP contribution < -0.4 is 4.57 Å². The van der Waals surface area contributed by atoms with Crippen molar-refractivity contribution < 1.29 is 4.57 Å². The Hall–Kier alpha value is -1.97. The van der Waals surface area contributed by atoms with Crippen LogP contribution in [0.2, 0.25) is 5.02 Å². The van der Waals surface area contributed by atoms with Gasteiger partial charge < -0.3 is 0 Å². The number of nitrogens with one attached hydrogen (secondary N) is 1. The van der Waals surface area contributed by atoms with Crippen LogP contribution in [-0.4, -0.2) is 4.98 Å². The molecule has 3 aromatic rings. The summed E-state index contributed by atoms with van der Waals surface area (Å²) in [6.45, 7) is 0. The molecule has 2 nitrogen and oxygen atoms in total. The van der Waals surface area contributed by atoms with Gasteiger partial charge in [0.1, 0.15) is 17.6 Å². The van der Waals surface area contributed by atoms with Crippen molar-refractivity contribution >= 4 is 23.8 Å². The number of nitrogens with zero attached hydrogens (tertiary/aromatic N) is 1. The van der Waals surface area contributed by atoms with Crippen molar-refractivity contribution in [2.45, 2.75) is 0 Å². The molecule has 1 N–H and O–H groups in total. The molecule has 2 aromatic carbocycles. The Labute approximate surface area is 127 Å². The zero-order valence-corrected chi connectivity index (χ0v) is 12.2. The Bertz CT molecular complexity index is 797. The summed E-state index contributed by atoms with van der Waals surface area (Å²) in [4.78, 5) is 3.24. The van der Waals surface area contributed by atoms with Gasteiger partial charge in [0.15, 0.2) is 0 Å². The smallest absolute Gasteiger partial charge is 0.230 e. The van der Waals surface area contributed by atoms with Crippen LogP contribution in [0.4, 0.5) is 0 Å². The largest absolute Gasteiger partial charge is 0.354 e. The molecule has 0 aliphatic heterocycles. The van der Waals surface area contributed by atoms with Crippen LogP contribution in [0.25, 0.3) is 16.9 Å². The highest BCUT2D eigenvalue weighted by Gasteiger charge is 2.08. The van der Waals surface area contributed by atoms with Crippen molar-refractivity contribution in [1.82, 2.24) is 4.98 Å². The molecule has 0 aliphatic carbocycles. The quantitative estimate of drug-likeness (QED) is 0.551. The maximum absolute atomic E-state index is 6.02. The van der Waals surface area contributed by atoms with E-state index in [1.807, 2.05) is 71.4 Å². The summed E-state index contributed by atoms with van der Waals surface area (Å²) in [7, 11) is 0. The normalized spacial score (nSPS) is 10.4. The van der Waals surface area contributed by atoms with Crippen molar-refractivity contribution in [3.63, 3.8) is 0 Å². The lowest BCUT2D eigenvalue weighted by Gasteiger charge is -2.02. The number of aromatic amines is 1. The lowest BCUT2D eigenvalue weighted by Crippen LogP contribution is -2.32. The molecular formula is C16H12ClN2S+. The summed E-state index contributed by atoms with van der Waals surface area (Å²) in [5.41, 5.74) is 3.05. The molecule has 0 spiro atoms. The molecule has 0 unspecified atom stereocenters. The molecule has 1 heterocycles. The topological polar surface area (TPSA) is 19.7 Å². The number of rotatable bonds is 2. The lowest BCUT2D eigenvalue weighted by atomic mass is 10.1. The van der Waals surface area contributed by atoms with E-state index < -0.39 is 0 Å². The van der Waals surface area contributed by atoms with Crippen LogP contribution in [0.15, 0.2) is 66.9 Å². The Morgan fingerprint density at radius 3 is 2.45 bits per heavy atom. The summed E-state index contributed by atoms with van der Waals surface area (Å²) < 4.78 is 2.53. The van der Waals surface area contributed by atoms with E-state index in [4.69, 9.17) is 23.8 Å². The fraction of sp³-hybridized carbons (Fsp3) is 0. The molecule has 0 amide bonds. The van der Waals surface area contributed by atoms with E-state index in [-0.39, 0.29) is 0 Å². The molecular weight excluding hydrogens is 288 g/mol. The van der Waals surface area contributed by atoms with Gasteiger partial charge in [-0.25, -0.2) is 4.98 Å². The fourth-order valence-electron chi connectivity index (χ4n) is 2.05. The van der Waals surface area contributed by atoms with Crippen LogP contribution in [0.1, 0.15) is 0 Å². The third kappa shape index (κ3) is 2.64. The van der Waals surface area contributed by atoms with E-state index in [1.54, 1.807) is 0 Å². The van der Waals surface area contributed by atoms with Gasteiger partial charge in [0, 0.05) is 34.9 Å². The van der Waals surface area contributed by atoms with Crippen molar-refractivity contribution in [3.05, 3.63) is 76.7 Å². The number of hydrogen-bond acceptors (Lipinski definition) is 1. The predicted octanol–water partition coefficient (Wildman–Crippen LogP) is 4.34. The molecule has 98 valence electrons. The average molecular weight is 300 g/mol. The zero-order valence-electron chi connectivity index (χ0n) is 10.6. The number of benzene rings is 2. The molecule has 1 aromatic heterocycles. The molecule has 3 rings (SSSR count). The first-order chi connectivity index (χ1) is 9.74. The van der Waals surface area contributed by atoms with E-state index >= 15 is 0 Å². The maximum atomic E-state index is 6.02. The van der Waals surface area contributed by atoms with Crippen LogP contribution in [0.3, 0.4) is 0 Å². The standard InChI is InChI=1S/C16H11ClN2S/c17-13-7-4-8-14(11-13)19-10-9-15(18-16(19)20)12-5-2-1-3-6-12/h1-11H/p+1. The Morgan fingerprint density at radius 2 is 1.75 bits per heavy atom. The van der Waals surface area contributed by atoms with Gasteiger partial charge in [-0.05, 0) is 12.1 Å². The second kappa shape index (κ2) is 5.57. The van der Waals surface area contributed by atoms with Gasteiger partial charge in [-0.2, -0.15) is 4.57 Å². The lowest BCUT2D eigenvalue weighted by molar-refractivity contribution is -0.606. The van der Waals surface area contributed by atoms with Crippen molar-refractivity contribution in [3.8, 4) is 16.9 Å². The van der Waals surface area contributed by atoms with Crippen molar-refractivity contribution in [2.75, 3.05) is 0 Å². The Balaban J connectivity index is 2.07. The SMILES string of the molecule is S=c1[nH]c(-c2ccccc2)cc[n+]1-c1cccc(Cl)c1. The predicted molar refractivity (Wildman–Crippen MR) is 83.6 cm³/mol. The van der Waals surface area contributed by atoms with E-state index in [2.05, 4.69) is 4.98 Å². The zero-order chi connectivity index (χ0) is 13.9. The third-order valence-corrected chi connectivity index (χ3v) is 3.56. The fourth-order valence-corrected chi connectivity index (χ4v) is 2.51. The first-order valence-electron chi connectivity index (χ1n) is 6.20. The average Bonchev–Trinajstić information content (AvgIpc) is 2.48. The Morgan fingerprint density at radius 1 is 0.950 bits per heavy atom. The van der Waals surface area contributed by atoms with Gasteiger partial charge in [0.2, 0.25) is 0 Å². The molecule has 0 saturated carbocycles. The minimum absolute atomic E-state index is 0.633. The van der Waals surface area contributed by atoms with Gasteiger partial charge in [-0.3, -0.25) is 0 Å². The van der Waals surface area contributed by atoms with Crippen molar-refractivity contribution in [2.24, 2.45) is 0 Å². The van der Waals surface area contributed by atoms with Crippen molar-refractivity contribution in [1.29, 1.82) is 0 Å². The van der Waals surface area contributed by atoms with Gasteiger partial charge >= 0.3 is 4.77 Å². The summed E-state index contributed by atoms with van der Waals surface area (Å²) in [6, 6.07) is 19.7. The van der Waals surface area contributed by atoms with Gasteiger partial charge in [-0.15, -0.1) is 0 Å². The van der Waals surface area contributed by atoms with E-state index in [1.165, 1.54) is 0 Å². The van der Waals surface area contributed by atoms with E-state index in [0.717, 1.165) is 16.9 Å². The minimum atomic E-state index is 0.633. The minimum Gasteiger partial charge on any atom is -0.230 e. The van der Waals surface area contributed by atoms with Crippen LogP contribution in [-0.2, 0) is 0 Å². The highest BCUT2D eigenvalue weighted by atomic mass is 35.5. The van der Waals surface area contributed by atoms with E-state index in [9.17, 15) is 0 Å². The monoisotopic (exact) mass is 299 g/mol. The Kier molecular flexibility index (Phi) is 3.63. The molecule has 0 aliphatic rings. The molecule has 0 radical (unpaired) electrons. The molecule has 0 saturated heterocycles. The highest BCUT2D eigenvalue weighted by molar-refractivity contribution is 7.71. The number of aromatic nitrogens is 2. The summed E-state index contributed by atoms with van der Waals surface area (Å²) in [6.07, 6.45) is 1.95. The molecule has 20 heavy (non-hydrogen) atoms. The summed E-state index contributed by atoms with van der Waals surface area (Å²) in [5.74, 6) is 0. The maximum Gasteiger partial charge on any atom is 0.354 e. The number of H-pyrrole nitrogens is 1. The van der Waals surface area contributed by atoms with Gasteiger partial charge in [0.25, 0.3) is 0 Å². The highest BCUT2D eigenvalue weighted by Crippen LogP contribution is 2.15.